The average molecular weight is 540 g/mol. The molecule has 0 heterocycles. The van der Waals surface area contributed by atoms with Gasteiger partial charge in [-0.05, 0) is 29.2 Å². The number of hydrogen-bond acceptors (Lipinski definition) is 5. The summed E-state index contributed by atoms with van der Waals surface area (Å²) in [5.74, 6) is 0.272. The molecule has 1 atom stereocenters. The molecule has 3 aromatic carbocycles. The summed E-state index contributed by atoms with van der Waals surface area (Å²) < 4.78 is 0. The number of nitro benzene ring substituents is 1. The van der Waals surface area contributed by atoms with E-state index in [0.717, 1.165) is 23.1 Å². The molecular weight excluding hydrogens is 510 g/mol. The van der Waals surface area contributed by atoms with Gasteiger partial charge in [0.2, 0.25) is 11.8 Å². The molecule has 194 valence electrons. The first kappa shape index (κ1) is 28.2. The number of rotatable bonds is 13. The summed E-state index contributed by atoms with van der Waals surface area (Å²) in [5.41, 5.74) is 2.62. The second-order valence-corrected chi connectivity index (χ2v) is 9.92. The highest BCUT2D eigenvalue weighted by Gasteiger charge is 2.30. The number of thioether (sulfide) groups is 1. The largest absolute Gasteiger partial charge is 0.354 e. The molecule has 0 saturated heterocycles. The highest BCUT2D eigenvalue weighted by atomic mass is 35.5. The van der Waals surface area contributed by atoms with E-state index in [4.69, 9.17) is 11.6 Å². The Balaban J connectivity index is 1.81. The number of halogens is 1. The van der Waals surface area contributed by atoms with E-state index in [2.05, 4.69) is 5.32 Å². The number of hydrogen-bond donors (Lipinski definition) is 1. The lowest BCUT2D eigenvalue weighted by molar-refractivity contribution is -0.384. The minimum atomic E-state index is -0.710. The maximum absolute atomic E-state index is 13.6. The number of non-ortho nitro benzene ring substituents is 1. The van der Waals surface area contributed by atoms with Gasteiger partial charge in [-0.25, -0.2) is 0 Å². The third-order valence-electron chi connectivity index (χ3n) is 5.76. The Labute approximate surface area is 226 Å². The summed E-state index contributed by atoms with van der Waals surface area (Å²) in [6, 6.07) is 22.5. The molecule has 0 aliphatic rings. The molecule has 3 rings (SSSR count). The van der Waals surface area contributed by atoms with Crippen molar-refractivity contribution in [1.82, 2.24) is 10.2 Å². The van der Waals surface area contributed by atoms with Gasteiger partial charge >= 0.3 is 0 Å². The molecule has 3 aromatic rings. The third-order valence-corrected chi connectivity index (χ3v) is 7.12. The molecule has 2 amide bonds. The van der Waals surface area contributed by atoms with E-state index >= 15 is 0 Å². The van der Waals surface area contributed by atoms with Crippen LogP contribution in [0.15, 0.2) is 78.9 Å². The van der Waals surface area contributed by atoms with E-state index in [1.807, 2.05) is 55.5 Å². The summed E-state index contributed by atoms with van der Waals surface area (Å²) in [6.07, 6.45) is 1.16. The van der Waals surface area contributed by atoms with Gasteiger partial charge in [0.15, 0.2) is 0 Å². The standard InChI is InChI=1S/C28H30ClN3O4S/c1-2-16-30-28(34)26(17-21-8-4-3-5-9-21)31(18-23-10-6-7-11-25(23)29)27(33)20-37-19-22-12-14-24(15-13-22)32(35)36/h3-15,26H,2,16-20H2,1H3,(H,30,34). The molecule has 0 spiro atoms. The Bertz CT molecular complexity index is 1190. The lowest BCUT2D eigenvalue weighted by Crippen LogP contribution is -2.51. The molecule has 0 radical (unpaired) electrons. The van der Waals surface area contributed by atoms with Crippen LogP contribution in [0, 0.1) is 10.1 Å². The molecule has 7 nitrogen and oxygen atoms in total. The van der Waals surface area contributed by atoms with Crippen LogP contribution in [0.1, 0.15) is 30.0 Å². The fourth-order valence-electron chi connectivity index (χ4n) is 3.78. The number of carbonyl (C=O) groups excluding carboxylic acids is 2. The molecule has 0 aliphatic heterocycles. The number of nitrogens with one attached hydrogen (secondary N) is 1. The number of nitrogens with zero attached hydrogens (tertiary/aromatic N) is 2. The van der Waals surface area contributed by atoms with Crippen molar-refractivity contribution in [2.75, 3.05) is 12.3 Å². The third kappa shape index (κ3) is 8.61. The second-order valence-electron chi connectivity index (χ2n) is 8.53. The van der Waals surface area contributed by atoms with E-state index < -0.39 is 11.0 Å². The van der Waals surface area contributed by atoms with Crippen molar-refractivity contribution in [2.45, 2.75) is 38.1 Å². The topological polar surface area (TPSA) is 92.6 Å². The van der Waals surface area contributed by atoms with E-state index in [-0.39, 0.29) is 29.8 Å². The maximum atomic E-state index is 13.6. The average Bonchev–Trinajstić information content (AvgIpc) is 2.91. The molecule has 1 N–H and O–H groups in total. The Morgan fingerprint density at radius 1 is 1.00 bits per heavy atom. The fraction of sp³-hybridized carbons (Fsp3) is 0.286. The van der Waals surface area contributed by atoms with Gasteiger partial charge in [0.25, 0.3) is 5.69 Å². The lowest BCUT2D eigenvalue weighted by Gasteiger charge is -2.31. The monoisotopic (exact) mass is 539 g/mol. The molecule has 0 aliphatic carbocycles. The van der Waals surface area contributed by atoms with Gasteiger partial charge in [0.05, 0.1) is 10.7 Å². The Morgan fingerprint density at radius 3 is 2.32 bits per heavy atom. The summed E-state index contributed by atoms with van der Waals surface area (Å²) in [5, 5.41) is 14.4. The van der Waals surface area contributed by atoms with Crippen molar-refractivity contribution in [3.8, 4) is 0 Å². The van der Waals surface area contributed by atoms with E-state index in [1.165, 1.54) is 23.9 Å². The van der Waals surface area contributed by atoms with Crippen LogP contribution in [-0.2, 0) is 28.3 Å². The first-order valence-corrected chi connectivity index (χ1v) is 13.6. The smallest absolute Gasteiger partial charge is 0.269 e. The van der Waals surface area contributed by atoms with Crippen LogP contribution < -0.4 is 5.32 Å². The second kappa shape index (κ2) is 14.4. The van der Waals surface area contributed by atoms with Crippen molar-refractivity contribution >= 4 is 40.9 Å². The SMILES string of the molecule is CCCNC(=O)C(Cc1ccccc1)N(Cc1ccccc1Cl)C(=O)CSCc1ccc([N+](=O)[O-])cc1. The first-order chi connectivity index (χ1) is 17.9. The Kier molecular flexibility index (Phi) is 11.0. The molecular formula is C28H30ClN3O4S. The van der Waals surface area contributed by atoms with Crippen LogP contribution in [0.5, 0.6) is 0 Å². The molecule has 0 saturated carbocycles. The fourth-order valence-corrected chi connectivity index (χ4v) is 4.85. The maximum Gasteiger partial charge on any atom is 0.269 e. The molecule has 37 heavy (non-hydrogen) atoms. The molecule has 1 unspecified atom stereocenters. The zero-order chi connectivity index (χ0) is 26.6. The van der Waals surface area contributed by atoms with E-state index in [9.17, 15) is 19.7 Å². The number of amides is 2. The van der Waals surface area contributed by atoms with Crippen LogP contribution >= 0.6 is 23.4 Å². The van der Waals surface area contributed by atoms with Crippen LogP contribution in [0.25, 0.3) is 0 Å². The molecule has 0 bridgehead atoms. The van der Waals surface area contributed by atoms with Gasteiger partial charge in [-0.1, -0.05) is 79.2 Å². The molecule has 0 aromatic heterocycles. The van der Waals surface area contributed by atoms with Gasteiger partial charge in [-0.3, -0.25) is 19.7 Å². The van der Waals surface area contributed by atoms with Gasteiger partial charge in [0.1, 0.15) is 6.04 Å². The zero-order valence-electron chi connectivity index (χ0n) is 20.6. The summed E-state index contributed by atoms with van der Waals surface area (Å²) in [4.78, 5) is 39.0. The van der Waals surface area contributed by atoms with Crippen molar-refractivity contribution in [2.24, 2.45) is 0 Å². The Morgan fingerprint density at radius 2 is 1.68 bits per heavy atom. The molecule has 9 heteroatoms. The van der Waals surface area contributed by atoms with Crippen molar-refractivity contribution in [1.29, 1.82) is 0 Å². The minimum absolute atomic E-state index is 0.0255. The summed E-state index contributed by atoms with van der Waals surface area (Å²) in [7, 11) is 0. The number of carbonyl (C=O) groups is 2. The first-order valence-electron chi connectivity index (χ1n) is 12.0. The summed E-state index contributed by atoms with van der Waals surface area (Å²) >= 11 is 7.83. The van der Waals surface area contributed by atoms with Crippen LogP contribution in [0.2, 0.25) is 5.02 Å². The van der Waals surface area contributed by atoms with Crippen LogP contribution in [0.4, 0.5) is 5.69 Å². The quantitative estimate of drug-likeness (QED) is 0.224. The molecule has 0 fully saturated rings. The minimum Gasteiger partial charge on any atom is -0.354 e. The predicted molar refractivity (Wildman–Crippen MR) is 148 cm³/mol. The van der Waals surface area contributed by atoms with Crippen molar-refractivity contribution < 1.29 is 14.5 Å². The van der Waals surface area contributed by atoms with E-state index in [1.54, 1.807) is 23.1 Å². The van der Waals surface area contributed by atoms with Gasteiger partial charge in [0, 0.05) is 42.4 Å². The zero-order valence-corrected chi connectivity index (χ0v) is 22.2. The predicted octanol–water partition coefficient (Wildman–Crippen LogP) is 5.65. The lowest BCUT2D eigenvalue weighted by atomic mass is 10.0. The van der Waals surface area contributed by atoms with Crippen molar-refractivity contribution in [3.05, 3.63) is 111 Å². The highest BCUT2D eigenvalue weighted by Crippen LogP contribution is 2.22. The van der Waals surface area contributed by atoms with Crippen LogP contribution in [-0.4, -0.2) is 40.0 Å². The van der Waals surface area contributed by atoms with Crippen molar-refractivity contribution in [3.63, 3.8) is 0 Å². The van der Waals surface area contributed by atoms with Crippen LogP contribution in [0.3, 0.4) is 0 Å². The number of nitro groups is 1. The number of benzene rings is 3. The highest BCUT2D eigenvalue weighted by molar-refractivity contribution is 7.99. The summed E-state index contributed by atoms with van der Waals surface area (Å²) in [6.45, 7) is 2.70. The Hall–Kier alpha value is -3.36. The van der Waals surface area contributed by atoms with E-state index in [0.29, 0.717) is 23.7 Å². The normalized spacial score (nSPS) is 11.5. The van der Waals surface area contributed by atoms with Gasteiger partial charge in [-0.15, -0.1) is 11.8 Å². The van der Waals surface area contributed by atoms with Gasteiger partial charge < -0.3 is 10.2 Å². The van der Waals surface area contributed by atoms with Gasteiger partial charge in [-0.2, -0.15) is 0 Å².